The van der Waals surface area contributed by atoms with E-state index in [1.807, 2.05) is 56.8 Å². The average Bonchev–Trinajstić information content (AvgIpc) is 2.60. The predicted molar refractivity (Wildman–Crippen MR) is 109 cm³/mol. The largest absolute Gasteiger partial charge is 0.341 e. The Kier molecular flexibility index (Phi) is 6.18. The minimum atomic E-state index is 0.139. The van der Waals surface area contributed by atoms with Crippen molar-refractivity contribution in [2.75, 3.05) is 39.0 Å². The van der Waals surface area contributed by atoms with Gasteiger partial charge in [0.05, 0.1) is 6.54 Å². The number of aromatic nitrogens is 4. The third-order valence-electron chi connectivity index (χ3n) is 4.68. The van der Waals surface area contributed by atoms with Gasteiger partial charge in [0.2, 0.25) is 11.9 Å². The average molecular weight is 384 g/mol. The Bertz CT molecular complexity index is 832. The van der Waals surface area contributed by atoms with E-state index in [2.05, 4.69) is 20.3 Å². The van der Waals surface area contributed by atoms with Gasteiger partial charge in [-0.25, -0.2) is 19.9 Å². The van der Waals surface area contributed by atoms with Gasteiger partial charge < -0.3 is 15.1 Å². The Labute approximate surface area is 166 Å². The normalized spacial score (nSPS) is 17.1. The van der Waals surface area contributed by atoms with Crippen molar-refractivity contribution in [1.29, 1.82) is 0 Å². The van der Waals surface area contributed by atoms with E-state index >= 15 is 0 Å². The third-order valence-corrected chi connectivity index (χ3v) is 4.68. The van der Waals surface area contributed by atoms with E-state index in [0.717, 1.165) is 42.3 Å². The first-order valence-corrected chi connectivity index (χ1v) is 9.67. The van der Waals surface area contributed by atoms with Gasteiger partial charge >= 0.3 is 0 Å². The number of anilines is 2. The van der Waals surface area contributed by atoms with Crippen LogP contribution in [0.3, 0.4) is 0 Å². The van der Waals surface area contributed by atoms with Crippen molar-refractivity contribution in [2.24, 2.45) is 0 Å². The van der Waals surface area contributed by atoms with Gasteiger partial charge in [-0.1, -0.05) is 0 Å². The smallest absolute Gasteiger partial charge is 0.236 e. The number of aryl methyl sites for hydroxylation is 3. The van der Waals surface area contributed by atoms with E-state index < -0.39 is 0 Å². The zero-order valence-corrected chi connectivity index (χ0v) is 17.4. The molecule has 1 amide bonds. The molecule has 1 atom stereocenters. The minimum Gasteiger partial charge on any atom is -0.341 e. The molecule has 0 bridgehead atoms. The molecular formula is C20H29N7O. The zero-order valence-electron chi connectivity index (χ0n) is 17.4. The number of carbonyl (C=O) groups is 1. The molecule has 3 heterocycles. The maximum Gasteiger partial charge on any atom is 0.236 e. The van der Waals surface area contributed by atoms with Crippen LogP contribution in [0.5, 0.6) is 0 Å². The number of piperidine rings is 1. The molecule has 0 unspecified atom stereocenters. The van der Waals surface area contributed by atoms with Crippen molar-refractivity contribution in [3.63, 3.8) is 0 Å². The summed E-state index contributed by atoms with van der Waals surface area (Å²) in [6, 6.07) is 3.82. The number of nitrogens with one attached hydrogen (secondary N) is 1. The van der Waals surface area contributed by atoms with E-state index in [1.165, 1.54) is 0 Å². The van der Waals surface area contributed by atoms with Crippen LogP contribution in [-0.2, 0) is 4.79 Å². The summed E-state index contributed by atoms with van der Waals surface area (Å²) in [5.74, 6) is 2.29. The monoisotopic (exact) mass is 383 g/mol. The molecule has 1 fully saturated rings. The number of likely N-dealkylation sites (N-methyl/N-ethyl adjacent to an activating group) is 1. The summed E-state index contributed by atoms with van der Waals surface area (Å²) in [7, 11) is 3.83. The molecule has 3 rings (SSSR count). The number of hydrogen-bond acceptors (Lipinski definition) is 7. The molecule has 1 saturated heterocycles. The fourth-order valence-electron chi connectivity index (χ4n) is 3.52. The molecule has 1 N–H and O–H groups in total. The number of amides is 1. The van der Waals surface area contributed by atoms with Crippen LogP contribution in [0.1, 0.15) is 41.7 Å². The number of likely N-dealkylation sites (tertiary alicyclic amines) is 1. The molecule has 2 aromatic rings. The summed E-state index contributed by atoms with van der Waals surface area (Å²) >= 11 is 0. The zero-order chi connectivity index (χ0) is 20.3. The lowest BCUT2D eigenvalue weighted by Crippen LogP contribution is -2.43. The van der Waals surface area contributed by atoms with Gasteiger partial charge in [0.1, 0.15) is 11.6 Å². The Hall–Kier alpha value is -2.61. The first kappa shape index (κ1) is 20.1. The van der Waals surface area contributed by atoms with Crippen LogP contribution in [0, 0.1) is 20.8 Å². The predicted octanol–water partition coefficient (Wildman–Crippen LogP) is 2.20. The van der Waals surface area contributed by atoms with Gasteiger partial charge in [0.25, 0.3) is 0 Å². The Morgan fingerprint density at radius 1 is 1.11 bits per heavy atom. The molecule has 0 spiro atoms. The van der Waals surface area contributed by atoms with E-state index in [4.69, 9.17) is 4.98 Å². The maximum atomic E-state index is 12.4. The summed E-state index contributed by atoms with van der Waals surface area (Å²) < 4.78 is 0. The second-order valence-electron chi connectivity index (χ2n) is 7.77. The van der Waals surface area contributed by atoms with Crippen LogP contribution in [0.25, 0.3) is 0 Å². The van der Waals surface area contributed by atoms with Crippen molar-refractivity contribution >= 4 is 17.7 Å². The number of carbonyl (C=O) groups excluding carboxylic acids is 1. The van der Waals surface area contributed by atoms with Crippen molar-refractivity contribution in [3.8, 4) is 0 Å². The molecule has 8 nitrogen and oxygen atoms in total. The van der Waals surface area contributed by atoms with Crippen LogP contribution in [0.2, 0.25) is 0 Å². The van der Waals surface area contributed by atoms with Crippen LogP contribution in [0.15, 0.2) is 12.1 Å². The molecule has 28 heavy (non-hydrogen) atoms. The number of hydrogen-bond donors (Lipinski definition) is 1. The van der Waals surface area contributed by atoms with Crippen molar-refractivity contribution in [3.05, 3.63) is 35.0 Å². The van der Waals surface area contributed by atoms with Crippen LogP contribution < -0.4 is 5.32 Å². The summed E-state index contributed by atoms with van der Waals surface area (Å²) in [6.45, 7) is 7.73. The van der Waals surface area contributed by atoms with Gasteiger partial charge in [0.15, 0.2) is 0 Å². The third kappa shape index (κ3) is 5.22. The summed E-state index contributed by atoms with van der Waals surface area (Å²) in [5, 5.41) is 3.21. The van der Waals surface area contributed by atoms with Crippen molar-refractivity contribution < 1.29 is 4.79 Å². The molecule has 0 aromatic carbocycles. The molecular weight excluding hydrogens is 354 g/mol. The Morgan fingerprint density at radius 3 is 2.46 bits per heavy atom. The molecule has 0 aliphatic carbocycles. The molecule has 1 aliphatic heterocycles. The standard InChI is InChI=1S/C20H29N7O/c1-13-9-14(2)23-20(22-13)25-17-10-15(3)21-19(24-17)16-7-6-8-27(11-16)18(28)12-26(4)5/h9-10,16H,6-8,11-12H2,1-5H3,(H,21,22,23,24,25)/t16-/m0/s1. The summed E-state index contributed by atoms with van der Waals surface area (Å²) in [5.41, 5.74) is 2.69. The van der Waals surface area contributed by atoms with Crippen LogP contribution >= 0.6 is 0 Å². The quantitative estimate of drug-likeness (QED) is 0.847. The molecule has 8 heteroatoms. The highest BCUT2D eigenvalue weighted by atomic mass is 16.2. The highest BCUT2D eigenvalue weighted by Crippen LogP contribution is 2.26. The summed E-state index contributed by atoms with van der Waals surface area (Å²) in [6.07, 6.45) is 1.94. The topological polar surface area (TPSA) is 87.1 Å². The summed E-state index contributed by atoms with van der Waals surface area (Å²) in [4.78, 5) is 34.5. The van der Waals surface area contributed by atoms with Crippen molar-refractivity contribution in [2.45, 2.75) is 39.5 Å². The molecule has 2 aromatic heterocycles. The molecule has 0 saturated carbocycles. The van der Waals surface area contributed by atoms with Gasteiger partial charge in [-0.15, -0.1) is 0 Å². The molecule has 0 radical (unpaired) electrons. The lowest BCUT2D eigenvalue weighted by atomic mass is 9.97. The lowest BCUT2D eigenvalue weighted by Gasteiger charge is -2.33. The Morgan fingerprint density at radius 2 is 1.79 bits per heavy atom. The molecule has 1 aliphatic rings. The minimum absolute atomic E-state index is 0.139. The molecule has 150 valence electrons. The highest BCUT2D eigenvalue weighted by Gasteiger charge is 2.27. The fourth-order valence-corrected chi connectivity index (χ4v) is 3.52. The van der Waals surface area contributed by atoms with Gasteiger partial charge in [0, 0.05) is 42.2 Å². The number of rotatable bonds is 5. The van der Waals surface area contributed by atoms with Crippen LogP contribution in [-0.4, -0.2) is 69.4 Å². The van der Waals surface area contributed by atoms with Gasteiger partial charge in [-0.2, -0.15) is 0 Å². The Balaban J connectivity index is 1.77. The number of nitrogens with zero attached hydrogens (tertiary/aromatic N) is 6. The lowest BCUT2D eigenvalue weighted by molar-refractivity contribution is -0.133. The van der Waals surface area contributed by atoms with E-state index in [0.29, 0.717) is 24.9 Å². The second-order valence-corrected chi connectivity index (χ2v) is 7.77. The maximum absolute atomic E-state index is 12.4. The van der Waals surface area contributed by atoms with Crippen LogP contribution in [0.4, 0.5) is 11.8 Å². The fraction of sp³-hybridized carbons (Fsp3) is 0.550. The van der Waals surface area contributed by atoms with Gasteiger partial charge in [-0.3, -0.25) is 4.79 Å². The SMILES string of the molecule is Cc1cc(C)nc(Nc2cc(C)nc([C@H]3CCCN(C(=O)CN(C)C)C3)n2)n1. The second kappa shape index (κ2) is 8.60. The first-order valence-electron chi connectivity index (χ1n) is 9.67. The first-order chi connectivity index (χ1) is 13.3. The van der Waals surface area contributed by atoms with E-state index in [9.17, 15) is 4.79 Å². The van der Waals surface area contributed by atoms with E-state index in [1.54, 1.807) is 0 Å². The highest BCUT2D eigenvalue weighted by molar-refractivity contribution is 5.78. The van der Waals surface area contributed by atoms with E-state index in [-0.39, 0.29) is 11.8 Å². The van der Waals surface area contributed by atoms with Gasteiger partial charge in [-0.05, 0) is 53.8 Å². The van der Waals surface area contributed by atoms with Crippen molar-refractivity contribution in [1.82, 2.24) is 29.7 Å².